The third-order valence-corrected chi connectivity index (χ3v) is 6.15. The van der Waals surface area contributed by atoms with E-state index < -0.39 is 5.82 Å². The lowest BCUT2D eigenvalue weighted by Gasteiger charge is -2.09. The van der Waals surface area contributed by atoms with Gasteiger partial charge in [0.2, 0.25) is 23.4 Å². The Morgan fingerprint density at radius 3 is 2.82 bits per heavy atom. The van der Waals surface area contributed by atoms with Gasteiger partial charge in [0.15, 0.2) is 17.5 Å². The highest BCUT2D eigenvalue weighted by atomic mass is 35.5. The summed E-state index contributed by atoms with van der Waals surface area (Å²) >= 11 is 6.29. The molecule has 1 aliphatic carbocycles. The fourth-order valence-corrected chi connectivity index (χ4v) is 3.64. The average Bonchev–Trinajstić information content (AvgIpc) is 3.20. The van der Waals surface area contributed by atoms with Crippen LogP contribution in [0.15, 0.2) is 35.2 Å². The standard InChI is InChI=1S/C22H20ClFN8O2/c1-22(8-9-22)20-28-19(31-34-20)14(33)6-4-12-3-5-13(17(24)16(12)23)18-25-11-26-21(29-18)27-15-7-10-32(2)30-15/h3,5,7,10-11H,4,6,8-9H2,1-2H3,(H,25,26,27,29,30). The average molecular weight is 483 g/mol. The number of rotatable bonds is 8. The molecule has 0 radical (unpaired) electrons. The molecule has 3 heterocycles. The molecule has 1 aromatic carbocycles. The number of hydrogen-bond donors (Lipinski definition) is 1. The molecule has 0 amide bonds. The lowest BCUT2D eigenvalue weighted by molar-refractivity contribution is 0.0970. The van der Waals surface area contributed by atoms with Crippen LogP contribution < -0.4 is 5.32 Å². The number of benzene rings is 1. The largest absolute Gasteiger partial charge is 0.338 e. The van der Waals surface area contributed by atoms with Gasteiger partial charge in [-0.05, 0) is 30.9 Å². The van der Waals surface area contributed by atoms with Gasteiger partial charge in [0.25, 0.3) is 0 Å². The van der Waals surface area contributed by atoms with Crippen LogP contribution in [0.4, 0.5) is 16.2 Å². The second kappa shape index (κ2) is 8.56. The molecule has 0 saturated heterocycles. The molecular formula is C22H20ClFN8O2. The third-order valence-electron chi connectivity index (χ3n) is 5.74. The number of Topliss-reactive ketones (excluding diaryl/α,β-unsaturated/α-hetero) is 1. The van der Waals surface area contributed by atoms with Crippen LogP contribution in [0.2, 0.25) is 5.02 Å². The van der Waals surface area contributed by atoms with Crippen LogP contribution in [0.1, 0.15) is 48.3 Å². The molecule has 0 bridgehead atoms. The van der Waals surface area contributed by atoms with Gasteiger partial charge in [0, 0.05) is 31.1 Å². The fourth-order valence-electron chi connectivity index (χ4n) is 3.38. The summed E-state index contributed by atoms with van der Waals surface area (Å²) in [5, 5.41) is 10.8. The third kappa shape index (κ3) is 4.38. The predicted molar refractivity (Wildman–Crippen MR) is 120 cm³/mol. The first-order chi connectivity index (χ1) is 16.3. The van der Waals surface area contributed by atoms with E-state index in [0.717, 1.165) is 12.8 Å². The zero-order valence-corrected chi connectivity index (χ0v) is 19.2. The molecule has 10 nitrogen and oxygen atoms in total. The highest BCUT2D eigenvalue weighted by molar-refractivity contribution is 6.31. The minimum atomic E-state index is -0.676. The number of anilines is 2. The first kappa shape index (κ1) is 22.1. The molecule has 0 unspecified atom stereocenters. The molecule has 1 aliphatic rings. The Labute approximate surface area is 198 Å². The number of carbonyl (C=O) groups excluding carboxylic acids is 1. The van der Waals surface area contributed by atoms with Gasteiger partial charge in [-0.3, -0.25) is 9.48 Å². The van der Waals surface area contributed by atoms with Crippen molar-refractivity contribution in [2.75, 3.05) is 5.32 Å². The van der Waals surface area contributed by atoms with E-state index in [1.807, 2.05) is 6.92 Å². The number of aryl methyl sites for hydroxylation is 2. The van der Waals surface area contributed by atoms with E-state index in [9.17, 15) is 4.79 Å². The van der Waals surface area contributed by atoms with Crippen molar-refractivity contribution in [3.8, 4) is 11.4 Å². The van der Waals surface area contributed by atoms with Crippen LogP contribution >= 0.6 is 11.6 Å². The Kier molecular flexibility index (Phi) is 5.56. The van der Waals surface area contributed by atoms with Crippen LogP contribution in [-0.4, -0.2) is 40.7 Å². The lowest BCUT2D eigenvalue weighted by atomic mass is 10.0. The Morgan fingerprint density at radius 2 is 2.09 bits per heavy atom. The number of halogens is 2. The van der Waals surface area contributed by atoms with E-state index in [2.05, 4.69) is 35.5 Å². The zero-order valence-electron chi connectivity index (χ0n) is 18.4. The molecule has 12 heteroatoms. The summed E-state index contributed by atoms with van der Waals surface area (Å²) in [5.74, 6) is 0.426. The summed E-state index contributed by atoms with van der Waals surface area (Å²) < 4.78 is 22.0. The van der Waals surface area contributed by atoms with Gasteiger partial charge < -0.3 is 9.84 Å². The number of ketones is 1. The molecule has 4 aromatic rings. The molecule has 3 aromatic heterocycles. The van der Waals surface area contributed by atoms with Crippen LogP contribution in [-0.2, 0) is 18.9 Å². The van der Waals surface area contributed by atoms with Crippen molar-refractivity contribution >= 4 is 29.2 Å². The van der Waals surface area contributed by atoms with Crippen molar-refractivity contribution in [1.29, 1.82) is 0 Å². The molecule has 174 valence electrons. The van der Waals surface area contributed by atoms with Crippen molar-refractivity contribution in [1.82, 2.24) is 34.9 Å². The number of hydrogen-bond acceptors (Lipinski definition) is 9. The number of nitrogens with one attached hydrogen (secondary N) is 1. The Balaban J connectivity index is 1.29. The van der Waals surface area contributed by atoms with Crippen molar-refractivity contribution in [3.63, 3.8) is 0 Å². The highest BCUT2D eigenvalue weighted by Crippen LogP contribution is 2.46. The molecule has 0 spiro atoms. The first-order valence-corrected chi connectivity index (χ1v) is 11.0. The fraction of sp³-hybridized carbons (Fsp3) is 0.318. The van der Waals surface area contributed by atoms with Crippen molar-refractivity contribution in [2.24, 2.45) is 7.05 Å². The van der Waals surface area contributed by atoms with Gasteiger partial charge in [0.05, 0.1) is 10.6 Å². The molecule has 1 fully saturated rings. The number of carbonyl (C=O) groups is 1. The topological polar surface area (TPSA) is 125 Å². The Bertz CT molecular complexity index is 1380. The maximum atomic E-state index is 15.1. The molecule has 34 heavy (non-hydrogen) atoms. The van der Waals surface area contributed by atoms with Gasteiger partial charge in [-0.25, -0.2) is 14.4 Å². The van der Waals surface area contributed by atoms with Gasteiger partial charge >= 0.3 is 0 Å². The lowest BCUT2D eigenvalue weighted by Crippen LogP contribution is -2.06. The summed E-state index contributed by atoms with van der Waals surface area (Å²) in [5.41, 5.74) is 0.484. The molecule has 1 saturated carbocycles. The molecule has 5 rings (SSSR count). The minimum Gasteiger partial charge on any atom is -0.338 e. The van der Waals surface area contributed by atoms with E-state index in [1.165, 1.54) is 12.4 Å². The monoisotopic (exact) mass is 482 g/mol. The van der Waals surface area contributed by atoms with E-state index in [1.54, 1.807) is 30.1 Å². The summed E-state index contributed by atoms with van der Waals surface area (Å²) in [6.45, 7) is 2.02. The second-order valence-corrected chi connectivity index (χ2v) is 8.82. The number of aromatic nitrogens is 7. The summed E-state index contributed by atoms with van der Waals surface area (Å²) in [7, 11) is 1.78. The van der Waals surface area contributed by atoms with Gasteiger partial charge in [-0.15, -0.1) is 0 Å². The quantitative estimate of drug-likeness (QED) is 0.370. The van der Waals surface area contributed by atoms with Gasteiger partial charge in [-0.1, -0.05) is 29.7 Å². The van der Waals surface area contributed by atoms with Gasteiger partial charge in [0.1, 0.15) is 6.33 Å². The Morgan fingerprint density at radius 1 is 1.26 bits per heavy atom. The van der Waals surface area contributed by atoms with E-state index in [4.69, 9.17) is 16.1 Å². The zero-order chi connectivity index (χ0) is 23.9. The second-order valence-electron chi connectivity index (χ2n) is 8.44. The number of nitrogens with zero attached hydrogens (tertiary/aromatic N) is 7. The maximum absolute atomic E-state index is 15.1. The molecular weight excluding hydrogens is 463 g/mol. The van der Waals surface area contributed by atoms with Crippen molar-refractivity contribution in [2.45, 2.75) is 38.0 Å². The Hall–Kier alpha value is -3.73. The SMILES string of the molecule is Cn1ccc(Nc2ncnc(-c3ccc(CCC(=O)c4noc(C5(C)CC5)n4)c(Cl)c3F)n2)n1. The smallest absolute Gasteiger partial charge is 0.238 e. The van der Waals surface area contributed by atoms with E-state index in [0.29, 0.717) is 17.3 Å². The summed E-state index contributed by atoms with van der Waals surface area (Å²) in [4.78, 5) is 29.1. The minimum absolute atomic E-state index is 0.0365. The van der Waals surface area contributed by atoms with E-state index in [-0.39, 0.29) is 52.2 Å². The van der Waals surface area contributed by atoms with Crippen LogP contribution in [0, 0.1) is 5.82 Å². The highest BCUT2D eigenvalue weighted by Gasteiger charge is 2.44. The first-order valence-electron chi connectivity index (χ1n) is 10.6. The van der Waals surface area contributed by atoms with Crippen molar-refractivity contribution in [3.05, 3.63) is 58.8 Å². The van der Waals surface area contributed by atoms with Crippen LogP contribution in [0.3, 0.4) is 0 Å². The normalized spacial score (nSPS) is 14.2. The van der Waals surface area contributed by atoms with Crippen LogP contribution in [0.5, 0.6) is 0 Å². The predicted octanol–water partition coefficient (Wildman–Crippen LogP) is 4.06. The molecule has 0 atom stereocenters. The molecule has 0 aliphatic heterocycles. The van der Waals surface area contributed by atoms with Gasteiger partial charge in [-0.2, -0.15) is 15.1 Å². The van der Waals surface area contributed by atoms with Crippen molar-refractivity contribution < 1.29 is 13.7 Å². The summed E-state index contributed by atoms with van der Waals surface area (Å²) in [6.07, 6.45) is 5.25. The summed E-state index contributed by atoms with van der Waals surface area (Å²) in [6, 6.07) is 4.93. The van der Waals surface area contributed by atoms with E-state index >= 15 is 4.39 Å². The maximum Gasteiger partial charge on any atom is 0.238 e. The molecule has 1 N–H and O–H groups in total. The van der Waals surface area contributed by atoms with Crippen LogP contribution in [0.25, 0.3) is 11.4 Å².